The minimum Gasteiger partial charge on any atom is -0.340 e. The highest BCUT2D eigenvalue weighted by atomic mass is 35.5. The van der Waals surface area contributed by atoms with Crippen LogP contribution in [0.15, 0.2) is 66.9 Å². The predicted molar refractivity (Wildman–Crippen MR) is 107 cm³/mol. The maximum Gasteiger partial charge on any atom is 0.224 e. The van der Waals surface area contributed by atoms with Gasteiger partial charge in [0.25, 0.3) is 0 Å². The maximum absolute atomic E-state index is 12.1. The Kier molecular flexibility index (Phi) is 6.10. The fraction of sp³-hybridized carbons (Fsp3) is 0.100. The van der Waals surface area contributed by atoms with Gasteiger partial charge in [-0.1, -0.05) is 53.5 Å². The second-order valence-corrected chi connectivity index (χ2v) is 6.62. The van der Waals surface area contributed by atoms with Crippen molar-refractivity contribution in [2.45, 2.75) is 12.8 Å². The molecule has 2 N–H and O–H groups in total. The molecule has 3 rings (SSSR count). The van der Waals surface area contributed by atoms with Crippen molar-refractivity contribution in [2.24, 2.45) is 0 Å². The number of hydrogen-bond donors (Lipinski definition) is 2. The van der Waals surface area contributed by atoms with Gasteiger partial charge in [0.2, 0.25) is 5.91 Å². The molecule has 4 nitrogen and oxygen atoms in total. The summed E-state index contributed by atoms with van der Waals surface area (Å²) < 4.78 is 0. The van der Waals surface area contributed by atoms with Crippen molar-refractivity contribution in [1.29, 1.82) is 0 Å². The molecule has 0 spiro atoms. The van der Waals surface area contributed by atoms with Gasteiger partial charge in [-0.3, -0.25) is 4.79 Å². The number of benzene rings is 2. The molecule has 6 heteroatoms. The number of aromatic nitrogens is 1. The first-order valence-electron chi connectivity index (χ1n) is 8.11. The molecule has 3 aromatic rings. The van der Waals surface area contributed by atoms with E-state index in [9.17, 15) is 4.79 Å². The summed E-state index contributed by atoms with van der Waals surface area (Å²) in [5.41, 5.74) is 2.54. The number of anilines is 3. The average Bonchev–Trinajstić information content (AvgIpc) is 2.62. The molecule has 0 aliphatic carbocycles. The summed E-state index contributed by atoms with van der Waals surface area (Å²) in [6.45, 7) is 0. The second-order valence-electron chi connectivity index (χ2n) is 5.75. The lowest BCUT2D eigenvalue weighted by atomic mass is 10.1. The Morgan fingerprint density at radius 2 is 1.65 bits per heavy atom. The van der Waals surface area contributed by atoms with E-state index in [0.29, 0.717) is 34.4 Å². The fourth-order valence-corrected chi connectivity index (χ4v) is 2.97. The standard InChI is InChI=1S/C20H17Cl2N3O/c21-15-10-16(22)12-18(11-15)24-19-8-7-17(13-23-19)25-20(26)9-6-14-4-2-1-3-5-14/h1-5,7-8,10-13H,6,9H2,(H,23,24)(H,25,26). The third-order valence-electron chi connectivity index (χ3n) is 3.67. The summed E-state index contributed by atoms with van der Waals surface area (Å²) >= 11 is 12.0. The van der Waals surface area contributed by atoms with Crippen molar-refractivity contribution in [2.75, 3.05) is 10.6 Å². The SMILES string of the molecule is O=C(CCc1ccccc1)Nc1ccc(Nc2cc(Cl)cc(Cl)c2)nc1. The Hall–Kier alpha value is -2.56. The molecule has 1 amide bonds. The first-order valence-corrected chi connectivity index (χ1v) is 8.87. The van der Waals surface area contributed by atoms with E-state index in [1.165, 1.54) is 0 Å². The molecule has 0 saturated heterocycles. The molecular formula is C20H17Cl2N3O. The van der Waals surface area contributed by atoms with Gasteiger partial charge in [-0.05, 0) is 42.3 Å². The van der Waals surface area contributed by atoms with Gasteiger partial charge in [0.05, 0.1) is 11.9 Å². The lowest BCUT2D eigenvalue weighted by Crippen LogP contribution is -2.12. The van der Waals surface area contributed by atoms with Gasteiger partial charge in [0, 0.05) is 22.2 Å². The molecule has 0 unspecified atom stereocenters. The van der Waals surface area contributed by atoms with Crippen LogP contribution in [0.25, 0.3) is 0 Å². The number of rotatable bonds is 6. The Morgan fingerprint density at radius 1 is 0.923 bits per heavy atom. The quantitative estimate of drug-likeness (QED) is 0.571. The number of nitrogens with zero attached hydrogens (tertiary/aromatic N) is 1. The number of aryl methyl sites for hydroxylation is 1. The maximum atomic E-state index is 12.1. The van der Waals surface area contributed by atoms with Gasteiger partial charge < -0.3 is 10.6 Å². The topological polar surface area (TPSA) is 54.0 Å². The highest BCUT2D eigenvalue weighted by Gasteiger charge is 2.05. The summed E-state index contributed by atoms with van der Waals surface area (Å²) in [7, 11) is 0. The summed E-state index contributed by atoms with van der Waals surface area (Å²) in [6, 6.07) is 18.7. The Morgan fingerprint density at radius 3 is 2.31 bits per heavy atom. The van der Waals surface area contributed by atoms with E-state index in [4.69, 9.17) is 23.2 Å². The van der Waals surface area contributed by atoms with Crippen LogP contribution >= 0.6 is 23.2 Å². The molecule has 0 fully saturated rings. The monoisotopic (exact) mass is 385 g/mol. The zero-order valence-electron chi connectivity index (χ0n) is 13.9. The van der Waals surface area contributed by atoms with Crippen LogP contribution in [0.3, 0.4) is 0 Å². The number of hydrogen-bond acceptors (Lipinski definition) is 3. The van der Waals surface area contributed by atoms with Crippen LogP contribution in [-0.2, 0) is 11.2 Å². The van der Waals surface area contributed by atoms with E-state index in [1.54, 1.807) is 36.5 Å². The molecule has 1 aromatic heterocycles. The minimum atomic E-state index is -0.0435. The highest BCUT2D eigenvalue weighted by Crippen LogP contribution is 2.25. The molecule has 0 bridgehead atoms. The van der Waals surface area contributed by atoms with E-state index in [2.05, 4.69) is 15.6 Å². The van der Waals surface area contributed by atoms with Crippen LogP contribution in [0.1, 0.15) is 12.0 Å². The van der Waals surface area contributed by atoms with Crippen molar-refractivity contribution in [1.82, 2.24) is 4.98 Å². The van der Waals surface area contributed by atoms with E-state index in [-0.39, 0.29) is 5.91 Å². The van der Waals surface area contributed by atoms with Crippen molar-refractivity contribution in [3.63, 3.8) is 0 Å². The van der Waals surface area contributed by atoms with Crippen LogP contribution in [0.5, 0.6) is 0 Å². The molecule has 0 aliphatic heterocycles. The fourth-order valence-electron chi connectivity index (χ4n) is 2.44. The van der Waals surface area contributed by atoms with Gasteiger partial charge in [-0.25, -0.2) is 4.98 Å². The first kappa shape index (κ1) is 18.2. The van der Waals surface area contributed by atoms with Crippen LogP contribution in [0, 0.1) is 0 Å². The number of nitrogens with one attached hydrogen (secondary N) is 2. The van der Waals surface area contributed by atoms with Gasteiger partial charge >= 0.3 is 0 Å². The number of amides is 1. The predicted octanol–water partition coefficient (Wildman–Crippen LogP) is 5.70. The zero-order valence-corrected chi connectivity index (χ0v) is 15.4. The molecule has 0 aliphatic rings. The third-order valence-corrected chi connectivity index (χ3v) is 4.10. The second kappa shape index (κ2) is 8.70. The summed E-state index contributed by atoms with van der Waals surface area (Å²) in [5.74, 6) is 0.587. The smallest absolute Gasteiger partial charge is 0.224 e. The Bertz CT molecular complexity index is 863. The average molecular weight is 386 g/mol. The van der Waals surface area contributed by atoms with Crippen LogP contribution in [0.2, 0.25) is 10.0 Å². The third kappa shape index (κ3) is 5.48. The van der Waals surface area contributed by atoms with Crippen LogP contribution < -0.4 is 10.6 Å². The van der Waals surface area contributed by atoms with E-state index < -0.39 is 0 Å². The molecule has 1 heterocycles. The van der Waals surface area contributed by atoms with E-state index in [1.807, 2.05) is 30.3 Å². The summed E-state index contributed by atoms with van der Waals surface area (Å²) in [4.78, 5) is 16.3. The van der Waals surface area contributed by atoms with Gasteiger partial charge in [0.15, 0.2) is 0 Å². The largest absolute Gasteiger partial charge is 0.340 e. The first-order chi connectivity index (χ1) is 12.6. The highest BCUT2D eigenvalue weighted by molar-refractivity contribution is 6.35. The number of halogens is 2. The lowest BCUT2D eigenvalue weighted by Gasteiger charge is -2.09. The van der Waals surface area contributed by atoms with Gasteiger partial charge in [-0.2, -0.15) is 0 Å². The Balaban J connectivity index is 1.54. The van der Waals surface area contributed by atoms with E-state index in [0.717, 1.165) is 11.3 Å². The number of carbonyl (C=O) groups excluding carboxylic acids is 1. The number of carbonyl (C=O) groups is 1. The molecule has 0 atom stereocenters. The normalized spacial score (nSPS) is 10.4. The van der Waals surface area contributed by atoms with E-state index >= 15 is 0 Å². The summed E-state index contributed by atoms with van der Waals surface area (Å²) in [5, 5.41) is 7.06. The van der Waals surface area contributed by atoms with Crippen molar-refractivity contribution in [3.8, 4) is 0 Å². The Labute approximate surface area is 162 Å². The molecular weight excluding hydrogens is 369 g/mol. The van der Waals surface area contributed by atoms with Crippen molar-refractivity contribution in [3.05, 3.63) is 82.5 Å². The molecule has 0 radical (unpaired) electrons. The lowest BCUT2D eigenvalue weighted by molar-refractivity contribution is -0.116. The zero-order chi connectivity index (χ0) is 18.4. The number of pyridine rings is 1. The molecule has 132 valence electrons. The van der Waals surface area contributed by atoms with Crippen LogP contribution in [0.4, 0.5) is 17.2 Å². The van der Waals surface area contributed by atoms with Crippen molar-refractivity contribution >= 4 is 46.3 Å². The molecule has 2 aromatic carbocycles. The molecule has 0 saturated carbocycles. The van der Waals surface area contributed by atoms with Gasteiger partial charge in [-0.15, -0.1) is 0 Å². The van der Waals surface area contributed by atoms with Gasteiger partial charge in [0.1, 0.15) is 5.82 Å². The van der Waals surface area contributed by atoms with Crippen molar-refractivity contribution < 1.29 is 4.79 Å². The molecule has 26 heavy (non-hydrogen) atoms. The van der Waals surface area contributed by atoms with Crippen LogP contribution in [-0.4, -0.2) is 10.9 Å². The summed E-state index contributed by atoms with van der Waals surface area (Å²) in [6.07, 6.45) is 2.73. The minimum absolute atomic E-state index is 0.0435.